The third-order valence-corrected chi connectivity index (χ3v) is 3.28. The summed E-state index contributed by atoms with van der Waals surface area (Å²) in [4.78, 5) is 23.1. The van der Waals surface area contributed by atoms with Crippen molar-refractivity contribution in [2.75, 3.05) is 39.5 Å². The van der Waals surface area contributed by atoms with Gasteiger partial charge >= 0.3 is 0 Å². The normalized spacial score (nSPS) is 15.7. The van der Waals surface area contributed by atoms with Gasteiger partial charge in [0.05, 0.1) is 26.4 Å². The van der Waals surface area contributed by atoms with E-state index in [1.54, 1.807) is 0 Å². The molecule has 4 N–H and O–H groups in total. The van der Waals surface area contributed by atoms with Crippen molar-refractivity contribution in [3.8, 4) is 0 Å². The second-order valence-corrected chi connectivity index (χ2v) is 5.13. The van der Waals surface area contributed by atoms with Crippen molar-refractivity contribution in [1.82, 2.24) is 10.6 Å². The van der Waals surface area contributed by atoms with Crippen LogP contribution in [-0.2, 0) is 19.1 Å². The van der Waals surface area contributed by atoms with Crippen molar-refractivity contribution in [1.29, 1.82) is 0 Å². The lowest BCUT2D eigenvalue weighted by atomic mass is 9.95. The Morgan fingerprint density at radius 3 is 2.43 bits per heavy atom. The molecule has 1 saturated carbocycles. The summed E-state index contributed by atoms with van der Waals surface area (Å²) in [6.45, 7) is 1.63. The molecule has 0 bridgehead atoms. The van der Waals surface area contributed by atoms with Crippen LogP contribution in [-0.4, -0.2) is 57.4 Å². The van der Waals surface area contributed by atoms with E-state index < -0.39 is 0 Å². The summed E-state index contributed by atoms with van der Waals surface area (Å²) < 4.78 is 10.2. The molecule has 21 heavy (non-hydrogen) atoms. The summed E-state index contributed by atoms with van der Waals surface area (Å²) in [7, 11) is 0. The second-order valence-electron chi connectivity index (χ2n) is 5.13. The number of amides is 2. The number of hydrogen-bond donors (Lipinski definition) is 3. The van der Waals surface area contributed by atoms with E-state index in [2.05, 4.69) is 10.6 Å². The average Bonchev–Trinajstić information content (AvgIpc) is 2.50. The van der Waals surface area contributed by atoms with Crippen molar-refractivity contribution in [3.05, 3.63) is 0 Å². The summed E-state index contributed by atoms with van der Waals surface area (Å²) >= 11 is 0. The molecule has 0 atom stereocenters. The lowest BCUT2D eigenvalue weighted by Crippen LogP contribution is -2.43. The molecule has 0 aromatic carbocycles. The van der Waals surface area contributed by atoms with Gasteiger partial charge in [0.15, 0.2) is 0 Å². The van der Waals surface area contributed by atoms with Gasteiger partial charge in [-0.05, 0) is 12.8 Å². The Bertz CT molecular complexity index is 307. The predicted octanol–water partition coefficient (Wildman–Crippen LogP) is -0.457. The van der Waals surface area contributed by atoms with Crippen LogP contribution in [0, 0.1) is 0 Å². The lowest BCUT2D eigenvalue weighted by Gasteiger charge is -2.22. The molecular formula is C14H27N3O4. The minimum Gasteiger partial charge on any atom is -0.378 e. The first-order chi connectivity index (χ1) is 10.2. The average molecular weight is 301 g/mol. The molecule has 0 spiro atoms. The fraction of sp³-hybridized carbons (Fsp3) is 0.857. The number of carbonyl (C=O) groups is 2. The van der Waals surface area contributed by atoms with E-state index in [0.717, 1.165) is 25.7 Å². The minimum atomic E-state index is -0.299. The molecule has 0 unspecified atom stereocenters. The molecule has 2 amide bonds. The predicted molar refractivity (Wildman–Crippen MR) is 78.7 cm³/mol. The maximum absolute atomic E-state index is 11.7. The Labute approximate surface area is 125 Å². The molecule has 122 valence electrons. The smallest absolute Gasteiger partial charge is 0.246 e. The van der Waals surface area contributed by atoms with E-state index in [0.29, 0.717) is 26.4 Å². The van der Waals surface area contributed by atoms with Gasteiger partial charge in [-0.15, -0.1) is 0 Å². The fourth-order valence-electron chi connectivity index (χ4n) is 2.22. The van der Waals surface area contributed by atoms with Gasteiger partial charge in [0, 0.05) is 12.6 Å². The van der Waals surface area contributed by atoms with Crippen molar-refractivity contribution in [3.63, 3.8) is 0 Å². The zero-order valence-corrected chi connectivity index (χ0v) is 12.6. The Kier molecular flexibility index (Phi) is 9.77. The second kappa shape index (κ2) is 11.5. The monoisotopic (exact) mass is 301 g/mol. The summed E-state index contributed by atoms with van der Waals surface area (Å²) in [5.41, 5.74) is 5.26. The molecule has 7 nitrogen and oxygen atoms in total. The van der Waals surface area contributed by atoms with E-state index in [1.165, 1.54) is 6.42 Å². The standard InChI is InChI=1S/C14H27N3O4/c15-6-7-20-8-9-21-11-14(19)16-10-13(18)17-12-4-2-1-3-5-12/h12H,1-11,15H2,(H,16,19)(H,17,18). The molecule has 1 fully saturated rings. The van der Waals surface area contributed by atoms with Crippen LogP contribution in [0.5, 0.6) is 0 Å². The molecule has 7 heteroatoms. The minimum absolute atomic E-state index is 0.00235. The Morgan fingerprint density at radius 1 is 1.00 bits per heavy atom. The number of nitrogens with one attached hydrogen (secondary N) is 2. The Morgan fingerprint density at radius 2 is 1.71 bits per heavy atom. The van der Waals surface area contributed by atoms with Gasteiger partial charge in [0.1, 0.15) is 6.61 Å². The molecule has 1 aliphatic rings. The summed E-state index contributed by atoms with van der Waals surface area (Å²) in [5.74, 6) is -0.436. The number of carbonyl (C=O) groups excluding carboxylic acids is 2. The van der Waals surface area contributed by atoms with E-state index in [-0.39, 0.29) is 31.0 Å². The third-order valence-electron chi connectivity index (χ3n) is 3.28. The van der Waals surface area contributed by atoms with Crippen LogP contribution in [0.25, 0.3) is 0 Å². The van der Waals surface area contributed by atoms with Crippen LogP contribution < -0.4 is 16.4 Å². The van der Waals surface area contributed by atoms with Gasteiger partial charge < -0.3 is 25.8 Å². The summed E-state index contributed by atoms with van der Waals surface area (Å²) in [6, 6.07) is 0.263. The Hall–Kier alpha value is -1.18. The van der Waals surface area contributed by atoms with Crippen LogP contribution >= 0.6 is 0 Å². The van der Waals surface area contributed by atoms with Crippen LogP contribution in [0.15, 0.2) is 0 Å². The first-order valence-corrected chi connectivity index (χ1v) is 7.64. The first kappa shape index (κ1) is 17.9. The van der Waals surface area contributed by atoms with Crippen molar-refractivity contribution in [2.24, 2.45) is 5.73 Å². The molecule has 0 heterocycles. The number of ether oxygens (including phenoxy) is 2. The Balaban J connectivity index is 1.97. The molecule has 0 aromatic heterocycles. The molecule has 1 rings (SSSR count). The number of nitrogens with two attached hydrogens (primary N) is 1. The van der Waals surface area contributed by atoms with Crippen molar-refractivity contribution in [2.45, 2.75) is 38.1 Å². The highest BCUT2D eigenvalue weighted by molar-refractivity contribution is 5.85. The van der Waals surface area contributed by atoms with Gasteiger partial charge in [-0.2, -0.15) is 0 Å². The zero-order valence-electron chi connectivity index (χ0n) is 12.6. The van der Waals surface area contributed by atoms with Crippen LogP contribution in [0.3, 0.4) is 0 Å². The number of hydrogen-bond acceptors (Lipinski definition) is 5. The summed E-state index contributed by atoms with van der Waals surface area (Å²) in [6.07, 6.45) is 5.64. The molecule has 0 aliphatic heterocycles. The van der Waals surface area contributed by atoms with Gasteiger partial charge in [0.2, 0.25) is 11.8 Å². The lowest BCUT2D eigenvalue weighted by molar-refractivity contribution is -0.129. The maximum Gasteiger partial charge on any atom is 0.246 e. The highest BCUT2D eigenvalue weighted by Gasteiger charge is 2.15. The van der Waals surface area contributed by atoms with Crippen LogP contribution in [0.4, 0.5) is 0 Å². The van der Waals surface area contributed by atoms with Gasteiger partial charge in [0.25, 0.3) is 0 Å². The van der Waals surface area contributed by atoms with Crippen molar-refractivity contribution < 1.29 is 19.1 Å². The van der Waals surface area contributed by atoms with E-state index >= 15 is 0 Å². The SMILES string of the molecule is NCCOCCOCC(=O)NCC(=O)NC1CCCCC1. The van der Waals surface area contributed by atoms with Gasteiger partial charge in [-0.25, -0.2) is 0 Å². The van der Waals surface area contributed by atoms with E-state index in [1.807, 2.05) is 0 Å². The van der Waals surface area contributed by atoms with E-state index in [4.69, 9.17) is 15.2 Å². The topological polar surface area (TPSA) is 103 Å². The maximum atomic E-state index is 11.7. The molecule has 0 radical (unpaired) electrons. The van der Waals surface area contributed by atoms with Gasteiger partial charge in [-0.1, -0.05) is 19.3 Å². The van der Waals surface area contributed by atoms with Gasteiger partial charge in [-0.3, -0.25) is 9.59 Å². The largest absolute Gasteiger partial charge is 0.378 e. The number of rotatable bonds is 10. The first-order valence-electron chi connectivity index (χ1n) is 7.64. The molecular weight excluding hydrogens is 274 g/mol. The highest BCUT2D eigenvalue weighted by atomic mass is 16.5. The van der Waals surface area contributed by atoms with E-state index in [9.17, 15) is 9.59 Å². The third kappa shape index (κ3) is 9.38. The zero-order chi connectivity index (χ0) is 15.3. The van der Waals surface area contributed by atoms with Crippen LogP contribution in [0.2, 0.25) is 0 Å². The quantitative estimate of drug-likeness (QED) is 0.474. The van der Waals surface area contributed by atoms with Crippen molar-refractivity contribution >= 4 is 11.8 Å². The molecule has 1 aliphatic carbocycles. The highest BCUT2D eigenvalue weighted by Crippen LogP contribution is 2.16. The van der Waals surface area contributed by atoms with Crippen LogP contribution in [0.1, 0.15) is 32.1 Å². The fourth-order valence-corrected chi connectivity index (χ4v) is 2.22. The molecule has 0 saturated heterocycles. The summed E-state index contributed by atoms with van der Waals surface area (Å²) in [5, 5.41) is 5.48. The molecule has 0 aromatic rings.